The Morgan fingerprint density at radius 1 is 0.857 bits per heavy atom. The minimum absolute atomic E-state index is 0.196. The van der Waals surface area contributed by atoms with Crippen molar-refractivity contribution in [3.8, 4) is 11.5 Å². The Bertz CT molecular complexity index is 1200. The molecule has 180 valence electrons. The number of halogens is 1. The first kappa shape index (κ1) is 25.3. The molecule has 0 atom stereocenters. The maximum absolute atomic E-state index is 12.0. The maximum atomic E-state index is 12.0. The minimum atomic E-state index is -0.917. The highest BCUT2D eigenvalue weighted by molar-refractivity contribution is 6.39. The van der Waals surface area contributed by atoms with Crippen LogP contribution < -0.4 is 25.5 Å². The second-order valence-electron chi connectivity index (χ2n) is 7.00. The highest BCUT2D eigenvalue weighted by Gasteiger charge is 2.13. The van der Waals surface area contributed by atoms with Crippen molar-refractivity contribution >= 4 is 46.9 Å². The van der Waals surface area contributed by atoms with Crippen LogP contribution in [0.1, 0.15) is 12.5 Å². The number of hydrogen-bond donors (Lipinski definition) is 3. The third-order valence-corrected chi connectivity index (χ3v) is 4.74. The standard InChI is InChI=1S/C25H23ClN4O5/c1-2-34-19-13-9-18(10-14-19)28-24(32)25(33)30-27-15-17-7-11-20(12-8-17)35-16-23(31)29-22-6-4-3-5-21(22)26/h3-15H,2,16H2,1H3,(H,28,32)(H,29,31)(H,30,33)/b27-15-. The van der Waals surface area contributed by atoms with E-state index < -0.39 is 11.8 Å². The summed E-state index contributed by atoms with van der Waals surface area (Å²) in [5.74, 6) is -0.994. The molecule has 0 fully saturated rings. The number of nitrogens with zero attached hydrogens (tertiary/aromatic N) is 1. The van der Waals surface area contributed by atoms with Crippen molar-refractivity contribution < 1.29 is 23.9 Å². The number of benzene rings is 3. The molecule has 10 heteroatoms. The van der Waals surface area contributed by atoms with Gasteiger partial charge in [0.25, 0.3) is 5.91 Å². The van der Waals surface area contributed by atoms with Crippen LogP contribution in [-0.4, -0.2) is 37.1 Å². The number of amides is 3. The molecule has 0 saturated heterocycles. The zero-order valence-corrected chi connectivity index (χ0v) is 19.5. The van der Waals surface area contributed by atoms with E-state index in [1.807, 2.05) is 6.92 Å². The summed E-state index contributed by atoms with van der Waals surface area (Å²) in [6, 6.07) is 20.2. The minimum Gasteiger partial charge on any atom is -0.494 e. The molecule has 0 aromatic heterocycles. The van der Waals surface area contributed by atoms with Gasteiger partial charge in [0.1, 0.15) is 11.5 Å². The quantitative estimate of drug-likeness (QED) is 0.237. The number of para-hydroxylation sites is 1. The fourth-order valence-corrected chi connectivity index (χ4v) is 2.94. The zero-order valence-electron chi connectivity index (χ0n) is 18.8. The lowest BCUT2D eigenvalue weighted by molar-refractivity contribution is -0.136. The lowest BCUT2D eigenvalue weighted by atomic mass is 10.2. The van der Waals surface area contributed by atoms with Crippen molar-refractivity contribution in [3.63, 3.8) is 0 Å². The first-order chi connectivity index (χ1) is 16.9. The fraction of sp³-hybridized carbons (Fsp3) is 0.120. The van der Waals surface area contributed by atoms with Gasteiger partial charge in [0, 0.05) is 5.69 Å². The van der Waals surface area contributed by atoms with Crippen LogP contribution in [0.25, 0.3) is 0 Å². The normalized spacial score (nSPS) is 10.5. The Morgan fingerprint density at radius 2 is 1.51 bits per heavy atom. The Kier molecular flexibility index (Phi) is 9.21. The molecule has 0 spiro atoms. The van der Waals surface area contributed by atoms with E-state index in [-0.39, 0.29) is 12.5 Å². The SMILES string of the molecule is CCOc1ccc(NC(=O)C(=O)N/N=C\c2ccc(OCC(=O)Nc3ccccc3Cl)cc2)cc1. The molecule has 0 aliphatic carbocycles. The van der Waals surface area contributed by atoms with Gasteiger partial charge in [-0.1, -0.05) is 23.7 Å². The van der Waals surface area contributed by atoms with E-state index >= 15 is 0 Å². The predicted octanol–water partition coefficient (Wildman–Crippen LogP) is 3.85. The molecule has 0 aliphatic heterocycles. The molecular formula is C25H23ClN4O5. The Balaban J connectivity index is 1.42. The van der Waals surface area contributed by atoms with Crippen LogP contribution in [0.3, 0.4) is 0 Å². The summed E-state index contributed by atoms with van der Waals surface area (Å²) in [6.07, 6.45) is 1.37. The van der Waals surface area contributed by atoms with Gasteiger partial charge in [-0.15, -0.1) is 0 Å². The second-order valence-corrected chi connectivity index (χ2v) is 7.40. The maximum Gasteiger partial charge on any atom is 0.329 e. The molecule has 35 heavy (non-hydrogen) atoms. The Hall–Kier alpha value is -4.37. The van der Waals surface area contributed by atoms with Crippen molar-refractivity contribution in [2.75, 3.05) is 23.8 Å². The third-order valence-electron chi connectivity index (χ3n) is 4.41. The fourth-order valence-electron chi connectivity index (χ4n) is 2.75. The van der Waals surface area contributed by atoms with Crippen molar-refractivity contribution in [1.29, 1.82) is 0 Å². The van der Waals surface area contributed by atoms with E-state index in [0.717, 1.165) is 0 Å². The Labute approximate surface area is 207 Å². The number of anilines is 2. The number of hydrazone groups is 1. The molecule has 3 rings (SSSR count). The second kappa shape index (κ2) is 12.8. The van der Waals surface area contributed by atoms with Crippen LogP contribution in [0, 0.1) is 0 Å². The van der Waals surface area contributed by atoms with Crippen LogP contribution in [0.15, 0.2) is 77.9 Å². The van der Waals surface area contributed by atoms with Gasteiger partial charge in [0.2, 0.25) is 0 Å². The van der Waals surface area contributed by atoms with Crippen molar-refractivity contribution in [2.45, 2.75) is 6.92 Å². The Morgan fingerprint density at radius 3 is 2.20 bits per heavy atom. The van der Waals surface area contributed by atoms with Crippen LogP contribution in [0.2, 0.25) is 5.02 Å². The summed E-state index contributed by atoms with van der Waals surface area (Å²) in [5.41, 5.74) is 3.76. The van der Waals surface area contributed by atoms with Crippen LogP contribution in [0.5, 0.6) is 11.5 Å². The van der Waals surface area contributed by atoms with Gasteiger partial charge >= 0.3 is 11.8 Å². The average molecular weight is 495 g/mol. The monoisotopic (exact) mass is 494 g/mol. The summed E-state index contributed by atoms with van der Waals surface area (Å²) in [7, 11) is 0. The number of hydrogen-bond acceptors (Lipinski definition) is 6. The highest BCUT2D eigenvalue weighted by Crippen LogP contribution is 2.20. The van der Waals surface area contributed by atoms with E-state index in [0.29, 0.717) is 40.1 Å². The smallest absolute Gasteiger partial charge is 0.329 e. The van der Waals surface area contributed by atoms with Gasteiger partial charge in [-0.2, -0.15) is 5.10 Å². The zero-order chi connectivity index (χ0) is 25.0. The molecule has 3 N–H and O–H groups in total. The topological polar surface area (TPSA) is 118 Å². The van der Waals surface area contributed by atoms with Crippen LogP contribution >= 0.6 is 11.6 Å². The molecule has 0 radical (unpaired) electrons. The molecule has 3 amide bonds. The molecule has 0 saturated carbocycles. The number of carbonyl (C=O) groups is 3. The van der Waals surface area contributed by atoms with Crippen LogP contribution in [-0.2, 0) is 14.4 Å². The molecule has 0 heterocycles. The lowest BCUT2D eigenvalue weighted by Crippen LogP contribution is -2.32. The van der Waals surface area contributed by atoms with Crippen molar-refractivity contribution in [3.05, 3.63) is 83.4 Å². The number of ether oxygens (including phenoxy) is 2. The number of carbonyl (C=O) groups excluding carboxylic acids is 3. The van der Waals surface area contributed by atoms with Gasteiger partial charge in [-0.25, -0.2) is 5.43 Å². The van der Waals surface area contributed by atoms with E-state index in [9.17, 15) is 14.4 Å². The van der Waals surface area contributed by atoms with Gasteiger partial charge < -0.3 is 20.1 Å². The summed E-state index contributed by atoms with van der Waals surface area (Å²) in [4.78, 5) is 35.9. The summed E-state index contributed by atoms with van der Waals surface area (Å²) in [6.45, 7) is 2.20. The summed E-state index contributed by atoms with van der Waals surface area (Å²) < 4.78 is 10.8. The predicted molar refractivity (Wildman–Crippen MR) is 134 cm³/mol. The first-order valence-corrected chi connectivity index (χ1v) is 11.0. The van der Waals surface area contributed by atoms with Gasteiger partial charge in [-0.3, -0.25) is 14.4 Å². The molecule has 3 aromatic carbocycles. The lowest BCUT2D eigenvalue weighted by Gasteiger charge is -2.08. The molecule has 0 unspecified atom stereocenters. The van der Waals surface area contributed by atoms with Gasteiger partial charge in [0.05, 0.1) is 23.5 Å². The van der Waals surface area contributed by atoms with Gasteiger partial charge in [-0.05, 0) is 73.2 Å². The van der Waals surface area contributed by atoms with Crippen molar-refractivity contribution in [1.82, 2.24) is 5.43 Å². The largest absolute Gasteiger partial charge is 0.494 e. The highest BCUT2D eigenvalue weighted by atomic mass is 35.5. The summed E-state index contributed by atoms with van der Waals surface area (Å²) in [5, 5.41) is 9.35. The molecule has 0 bridgehead atoms. The van der Waals surface area contributed by atoms with Crippen LogP contribution in [0.4, 0.5) is 11.4 Å². The van der Waals surface area contributed by atoms with E-state index in [1.54, 1.807) is 72.8 Å². The number of nitrogens with one attached hydrogen (secondary N) is 3. The molecular weight excluding hydrogens is 472 g/mol. The van der Waals surface area contributed by atoms with Crippen molar-refractivity contribution in [2.24, 2.45) is 5.10 Å². The molecule has 3 aromatic rings. The first-order valence-electron chi connectivity index (χ1n) is 10.6. The third kappa shape index (κ3) is 8.17. The van der Waals surface area contributed by atoms with Gasteiger partial charge in [0.15, 0.2) is 6.61 Å². The van der Waals surface area contributed by atoms with E-state index in [1.165, 1.54) is 6.21 Å². The molecule has 9 nitrogen and oxygen atoms in total. The molecule has 0 aliphatic rings. The summed E-state index contributed by atoms with van der Waals surface area (Å²) >= 11 is 6.01. The van der Waals surface area contributed by atoms with E-state index in [2.05, 4.69) is 21.2 Å². The average Bonchev–Trinajstić information content (AvgIpc) is 2.86. The number of rotatable bonds is 9. The van der Waals surface area contributed by atoms with E-state index in [4.69, 9.17) is 21.1 Å².